The van der Waals surface area contributed by atoms with Crippen molar-refractivity contribution in [3.8, 4) is 28.6 Å². The fraction of sp³-hybridized carbons (Fsp3) is 0. The Bertz CT molecular complexity index is 842. The van der Waals surface area contributed by atoms with E-state index in [9.17, 15) is 20.3 Å². The molecule has 3 rings (SSSR count). The molecule has 0 bridgehead atoms. The molecule has 22 heavy (non-hydrogen) atoms. The number of nitro benzene ring substituents is 1. The molecule has 0 fully saturated rings. The van der Waals surface area contributed by atoms with Crippen molar-refractivity contribution < 1.29 is 15.1 Å². The zero-order valence-corrected chi connectivity index (χ0v) is 11.1. The average Bonchev–Trinajstić information content (AvgIpc) is 2.96. The summed E-state index contributed by atoms with van der Waals surface area (Å²) in [7, 11) is 0. The fourth-order valence-electron chi connectivity index (χ4n) is 2.05. The molecule has 0 aliphatic rings. The van der Waals surface area contributed by atoms with Crippen molar-refractivity contribution >= 4 is 5.69 Å². The van der Waals surface area contributed by atoms with Gasteiger partial charge in [0, 0.05) is 23.9 Å². The van der Waals surface area contributed by atoms with E-state index in [0.717, 1.165) is 0 Å². The molecule has 8 nitrogen and oxygen atoms in total. The van der Waals surface area contributed by atoms with Gasteiger partial charge in [-0.25, -0.2) is 0 Å². The lowest BCUT2D eigenvalue weighted by atomic mass is 10.1. The summed E-state index contributed by atoms with van der Waals surface area (Å²) in [4.78, 5) is 10.2. The van der Waals surface area contributed by atoms with Gasteiger partial charge >= 0.3 is 0 Å². The minimum absolute atomic E-state index is 0.0224. The first-order chi connectivity index (χ1) is 10.6. The summed E-state index contributed by atoms with van der Waals surface area (Å²) in [5.74, 6) is 0.144. The standard InChI is InChI=1S/C14H10N4O4/c19-11-5-6-12(13(20)7-11)14-16-15-8-17(14)9-1-3-10(4-2-9)18(21)22/h1-8,19-20H. The Kier molecular flexibility index (Phi) is 3.18. The smallest absolute Gasteiger partial charge is 0.269 e. The number of aromatic nitrogens is 3. The molecule has 0 radical (unpaired) electrons. The van der Waals surface area contributed by atoms with E-state index in [1.807, 2.05) is 0 Å². The van der Waals surface area contributed by atoms with Crippen molar-refractivity contribution in [3.63, 3.8) is 0 Å². The van der Waals surface area contributed by atoms with Gasteiger partial charge in [0.15, 0.2) is 5.82 Å². The maximum atomic E-state index is 10.7. The first-order valence-corrected chi connectivity index (χ1v) is 6.23. The molecule has 3 aromatic rings. The Morgan fingerprint density at radius 2 is 1.82 bits per heavy atom. The summed E-state index contributed by atoms with van der Waals surface area (Å²) in [5.41, 5.74) is 0.970. The molecule has 0 amide bonds. The second kappa shape index (κ2) is 5.17. The molecule has 8 heteroatoms. The van der Waals surface area contributed by atoms with Crippen molar-refractivity contribution in [2.75, 3.05) is 0 Å². The number of hydrogen-bond donors (Lipinski definition) is 2. The van der Waals surface area contributed by atoms with E-state index < -0.39 is 4.92 Å². The number of phenolic OH excluding ortho intramolecular Hbond substituents is 2. The molecule has 1 aromatic heterocycles. The summed E-state index contributed by atoms with van der Waals surface area (Å²) in [5, 5.41) is 37.7. The molecule has 2 N–H and O–H groups in total. The van der Waals surface area contributed by atoms with E-state index in [0.29, 0.717) is 17.1 Å². The van der Waals surface area contributed by atoms with E-state index in [4.69, 9.17) is 0 Å². The largest absolute Gasteiger partial charge is 0.508 e. The highest BCUT2D eigenvalue weighted by Gasteiger charge is 2.14. The van der Waals surface area contributed by atoms with E-state index in [-0.39, 0.29) is 17.2 Å². The van der Waals surface area contributed by atoms with Gasteiger partial charge < -0.3 is 10.2 Å². The van der Waals surface area contributed by atoms with Crippen molar-refractivity contribution in [2.24, 2.45) is 0 Å². The van der Waals surface area contributed by atoms with Crippen molar-refractivity contribution in [1.82, 2.24) is 14.8 Å². The third-order valence-electron chi connectivity index (χ3n) is 3.11. The highest BCUT2D eigenvalue weighted by atomic mass is 16.6. The highest BCUT2D eigenvalue weighted by molar-refractivity contribution is 5.67. The monoisotopic (exact) mass is 298 g/mol. The Hall–Kier alpha value is -3.42. The average molecular weight is 298 g/mol. The maximum Gasteiger partial charge on any atom is 0.269 e. The molecular formula is C14H10N4O4. The van der Waals surface area contributed by atoms with Gasteiger partial charge in [-0.05, 0) is 24.3 Å². The zero-order chi connectivity index (χ0) is 15.7. The number of rotatable bonds is 3. The van der Waals surface area contributed by atoms with Crippen LogP contribution in [-0.2, 0) is 0 Å². The fourth-order valence-corrected chi connectivity index (χ4v) is 2.05. The zero-order valence-electron chi connectivity index (χ0n) is 11.1. The number of hydrogen-bond acceptors (Lipinski definition) is 6. The van der Waals surface area contributed by atoms with Crippen LogP contribution in [0.1, 0.15) is 0 Å². The molecule has 2 aromatic carbocycles. The van der Waals surface area contributed by atoms with Crippen LogP contribution in [0.15, 0.2) is 48.8 Å². The van der Waals surface area contributed by atoms with E-state index in [1.165, 1.54) is 36.7 Å². The van der Waals surface area contributed by atoms with Gasteiger partial charge in [-0.2, -0.15) is 0 Å². The summed E-state index contributed by atoms with van der Waals surface area (Å²) in [6.07, 6.45) is 1.43. The summed E-state index contributed by atoms with van der Waals surface area (Å²) in [6.45, 7) is 0. The van der Waals surface area contributed by atoms with Crippen LogP contribution >= 0.6 is 0 Å². The van der Waals surface area contributed by atoms with E-state index >= 15 is 0 Å². The van der Waals surface area contributed by atoms with Gasteiger partial charge in [-0.3, -0.25) is 14.7 Å². The Morgan fingerprint density at radius 3 is 2.45 bits per heavy atom. The van der Waals surface area contributed by atoms with Gasteiger partial charge in [0.25, 0.3) is 5.69 Å². The van der Waals surface area contributed by atoms with Crippen LogP contribution < -0.4 is 0 Å². The molecule has 0 saturated carbocycles. The Balaban J connectivity index is 2.07. The minimum atomic E-state index is -0.483. The molecule has 110 valence electrons. The van der Waals surface area contributed by atoms with Gasteiger partial charge in [-0.15, -0.1) is 10.2 Å². The summed E-state index contributed by atoms with van der Waals surface area (Å²) < 4.78 is 1.58. The van der Waals surface area contributed by atoms with Crippen LogP contribution in [0, 0.1) is 10.1 Å². The van der Waals surface area contributed by atoms with Crippen molar-refractivity contribution in [2.45, 2.75) is 0 Å². The SMILES string of the molecule is O=[N+]([O-])c1ccc(-n2cnnc2-c2ccc(O)cc2O)cc1. The van der Waals surface area contributed by atoms with Crippen molar-refractivity contribution in [3.05, 3.63) is 58.9 Å². The van der Waals surface area contributed by atoms with Crippen LogP contribution in [0.3, 0.4) is 0 Å². The predicted molar refractivity (Wildman–Crippen MR) is 76.8 cm³/mol. The lowest BCUT2D eigenvalue weighted by Gasteiger charge is -2.08. The lowest BCUT2D eigenvalue weighted by Crippen LogP contribution is -1.97. The second-order valence-corrected chi connectivity index (χ2v) is 4.50. The highest BCUT2D eigenvalue weighted by Crippen LogP contribution is 2.32. The number of non-ortho nitro benzene ring substituents is 1. The third kappa shape index (κ3) is 2.33. The molecule has 1 heterocycles. The first-order valence-electron chi connectivity index (χ1n) is 6.23. The number of benzene rings is 2. The van der Waals surface area contributed by atoms with Crippen LogP contribution in [0.4, 0.5) is 5.69 Å². The quantitative estimate of drug-likeness (QED) is 0.566. The van der Waals surface area contributed by atoms with Crippen LogP contribution in [-0.4, -0.2) is 29.9 Å². The topological polar surface area (TPSA) is 114 Å². The maximum absolute atomic E-state index is 10.7. The van der Waals surface area contributed by atoms with Crippen LogP contribution in [0.25, 0.3) is 17.1 Å². The van der Waals surface area contributed by atoms with Crippen LogP contribution in [0.2, 0.25) is 0 Å². The normalized spacial score (nSPS) is 10.5. The predicted octanol–water partition coefficient (Wildman–Crippen LogP) is 2.25. The molecule has 0 aliphatic carbocycles. The summed E-state index contributed by atoms with van der Waals surface area (Å²) >= 11 is 0. The molecular weight excluding hydrogens is 288 g/mol. The number of aromatic hydroxyl groups is 2. The molecule has 0 unspecified atom stereocenters. The van der Waals surface area contributed by atoms with Gasteiger partial charge in [0.1, 0.15) is 17.8 Å². The third-order valence-corrected chi connectivity index (χ3v) is 3.11. The van der Waals surface area contributed by atoms with Crippen LogP contribution in [0.5, 0.6) is 11.5 Å². The second-order valence-electron chi connectivity index (χ2n) is 4.50. The first kappa shape index (κ1) is 13.6. The van der Waals surface area contributed by atoms with Gasteiger partial charge in [0.2, 0.25) is 0 Å². The number of nitrogens with zero attached hydrogens (tertiary/aromatic N) is 4. The molecule has 0 spiro atoms. The molecule has 0 saturated heterocycles. The molecule has 0 atom stereocenters. The molecule has 0 aliphatic heterocycles. The Labute approximate surface area is 124 Å². The minimum Gasteiger partial charge on any atom is -0.508 e. The lowest BCUT2D eigenvalue weighted by molar-refractivity contribution is -0.384. The Morgan fingerprint density at radius 1 is 1.09 bits per heavy atom. The number of nitro groups is 1. The summed E-state index contributed by atoms with van der Waals surface area (Å²) in [6, 6.07) is 9.99. The van der Waals surface area contributed by atoms with E-state index in [1.54, 1.807) is 16.7 Å². The number of phenols is 2. The van der Waals surface area contributed by atoms with Gasteiger partial charge in [0.05, 0.1) is 10.5 Å². The van der Waals surface area contributed by atoms with Gasteiger partial charge in [-0.1, -0.05) is 0 Å². The van der Waals surface area contributed by atoms with Crippen molar-refractivity contribution in [1.29, 1.82) is 0 Å². The van der Waals surface area contributed by atoms with E-state index in [2.05, 4.69) is 10.2 Å².